The summed E-state index contributed by atoms with van der Waals surface area (Å²) in [6.07, 6.45) is 3.55. The molecule has 1 saturated heterocycles. The van der Waals surface area contributed by atoms with Crippen molar-refractivity contribution < 1.29 is 8.78 Å². The van der Waals surface area contributed by atoms with Gasteiger partial charge in [0, 0.05) is 24.4 Å². The van der Waals surface area contributed by atoms with Gasteiger partial charge in [0.1, 0.15) is 17.5 Å². The fraction of sp³-hybridized carbons (Fsp3) is 0.294. The highest BCUT2D eigenvalue weighted by atomic mass is 19.1. The largest absolute Gasteiger partial charge is 0.349 e. The molecule has 0 spiro atoms. The van der Waals surface area contributed by atoms with Gasteiger partial charge in [-0.15, -0.1) is 0 Å². The Labute approximate surface area is 132 Å². The molecule has 4 rings (SSSR count). The highest BCUT2D eigenvalue weighted by Crippen LogP contribution is 2.36. The van der Waals surface area contributed by atoms with Crippen molar-refractivity contribution in [3.63, 3.8) is 0 Å². The van der Waals surface area contributed by atoms with E-state index in [2.05, 4.69) is 10.1 Å². The second-order valence-corrected chi connectivity index (χ2v) is 5.89. The molecule has 0 aliphatic carbocycles. The Balaban J connectivity index is 1.75. The van der Waals surface area contributed by atoms with E-state index in [1.807, 2.05) is 30.2 Å². The van der Waals surface area contributed by atoms with Crippen molar-refractivity contribution in [2.45, 2.75) is 25.8 Å². The van der Waals surface area contributed by atoms with E-state index in [4.69, 9.17) is 0 Å². The molecule has 1 aliphatic rings. The summed E-state index contributed by atoms with van der Waals surface area (Å²) in [4.78, 5) is 6.66. The Morgan fingerprint density at radius 1 is 1.17 bits per heavy atom. The molecular weight excluding hydrogens is 298 g/mol. The summed E-state index contributed by atoms with van der Waals surface area (Å²) < 4.78 is 29.4. The maximum atomic E-state index is 14.1. The summed E-state index contributed by atoms with van der Waals surface area (Å²) in [5.41, 5.74) is 2.04. The van der Waals surface area contributed by atoms with Crippen LogP contribution in [0.2, 0.25) is 0 Å². The minimum atomic E-state index is -0.414. The van der Waals surface area contributed by atoms with Crippen LogP contribution in [0.5, 0.6) is 0 Å². The van der Waals surface area contributed by atoms with Gasteiger partial charge in [-0.25, -0.2) is 18.3 Å². The van der Waals surface area contributed by atoms with Crippen LogP contribution in [0.15, 0.2) is 36.5 Å². The standard InChI is InChI=1S/C17H16F2N4/c1-11-9-17-20-16(6-8-23(17)21-11)22-7-2-3-15(22)13-10-12(18)4-5-14(13)19/h4-6,8-10,15H,2-3,7H2,1H3/t15-/m1/s1. The SMILES string of the molecule is Cc1cc2nc(N3CCC[C@@H]3c3cc(F)ccc3F)ccn2n1. The van der Waals surface area contributed by atoms with Gasteiger partial charge in [-0.05, 0) is 44.0 Å². The highest BCUT2D eigenvalue weighted by Gasteiger charge is 2.29. The number of anilines is 1. The Morgan fingerprint density at radius 2 is 2.04 bits per heavy atom. The van der Waals surface area contributed by atoms with Crippen LogP contribution in [0, 0.1) is 18.6 Å². The molecule has 3 heterocycles. The number of aryl methyl sites for hydroxylation is 1. The van der Waals surface area contributed by atoms with Gasteiger partial charge in [0.2, 0.25) is 0 Å². The summed E-state index contributed by atoms with van der Waals surface area (Å²) >= 11 is 0. The number of rotatable bonds is 2. The van der Waals surface area contributed by atoms with Gasteiger partial charge in [-0.1, -0.05) is 0 Å². The number of aromatic nitrogens is 3. The Morgan fingerprint density at radius 3 is 2.91 bits per heavy atom. The predicted molar refractivity (Wildman–Crippen MR) is 83.4 cm³/mol. The van der Waals surface area contributed by atoms with Crippen LogP contribution < -0.4 is 4.90 Å². The minimum absolute atomic E-state index is 0.190. The zero-order chi connectivity index (χ0) is 16.0. The lowest BCUT2D eigenvalue weighted by Gasteiger charge is -2.26. The van der Waals surface area contributed by atoms with E-state index < -0.39 is 5.82 Å². The first-order valence-corrected chi connectivity index (χ1v) is 7.66. The Hall–Kier alpha value is -2.50. The number of fused-ring (bicyclic) bond motifs is 1. The molecule has 0 N–H and O–H groups in total. The van der Waals surface area contributed by atoms with E-state index in [0.717, 1.165) is 42.6 Å². The van der Waals surface area contributed by atoms with Crippen molar-refractivity contribution in [3.05, 3.63) is 59.4 Å². The van der Waals surface area contributed by atoms with Gasteiger partial charge >= 0.3 is 0 Å². The summed E-state index contributed by atoms with van der Waals surface area (Å²) in [7, 11) is 0. The van der Waals surface area contributed by atoms with Crippen molar-refractivity contribution in [1.29, 1.82) is 0 Å². The molecule has 1 atom stereocenters. The Bertz CT molecular complexity index is 874. The molecule has 3 aromatic rings. The molecule has 23 heavy (non-hydrogen) atoms. The zero-order valence-corrected chi connectivity index (χ0v) is 12.7. The molecule has 1 fully saturated rings. The van der Waals surface area contributed by atoms with Crippen LogP contribution in [0.4, 0.5) is 14.6 Å². The topological polar surface area (TPSA) is 33.4 Å². The molecule has 0 saturated carbocycles. The van der Waals surface area contributed by atoms with Gasteiger partial charge in [-0.3, -0.25) is 0 Å². The molecule has 118 valence electrons. The van der Waals surface area contributed by atoms with Crippen LogP contribution in [0.3, 0.4) is 0 Å². The molecule has 4 nitrogen and oxygen atoms in total. The highest BCUT2D eigenvalue weighted by molar-refractivity contribution is 5.51. The van der Waals surface area contributed by atoms with Crippen LogP contribution in [-0.2, 0) is 0 Å². The van der Waals surface area contributed by atoms with Gasteiger partial charge in [0.05, 0.1) is 11.7 Å². The minimum Gasteiger partial charge on any atom is -0.349 e. The van der Waals surface area contributed by atoms with Gasteiger partial charge in [0.15, 0.2) is 5.65 Å². The van der Waals surface area contributed by atoms with E-state index >= 15 is 0 Å². The molecule has 0 amide bonds. The lowest BCUT2D eigenvalue weighted by Crippen LogP contribution is -2.24. The molecule has 0 radical (unpaired) electrons. The van der Waals surface area contributed by atoms with E-state index in [1.54, 1.807) is 4.52 Å². The maximum Gasteiger partial charge on any atom is 0.157 e. The first-order chi connectivity index (χ1) is 11.1. The normalized spacial score (nSPS) is 18.0. The van der Waals surface area contributed by atoms with E-state index in [9.17, 15) is 8.78 Å². The van der Waals surface area contributed by atoms with Gasteiger partial charge < -0.3 is 4.90 Å². The molecule has 0 bridgehead atoms. The lowest BCUT2D eigenvalue weighted by molar-refractivity contribution is 0.560. The molecule has 0 unspecified atom stereocenters. The third-order valence-corrected chi connectivity index (χ3v) is 4.30. The maximum absolute atomic E-state index is 14.1. The quantitative estimate of drug-likeness (QED) is 0.724. The van der Waals surface area contributed by atoms with Crippen LogP contribution in [-0.4, -0.2) is 21.1 Å². The average Bonchev–Trinajstić information content (AvgIpc) is 3.14. The number of hydrogen-bond acceptors (Lipinski definition) is 3. The van der Waals surface area contributed by atoms with E-state index in [1.165, 1.54) is 12.1 Å². The second kappa shape index (κ2) is 5.30. The zero-order valence-electron chi connectivity index (χ0n) is 12.7. The van der Waals surface area contributed by atoms with Crippen molar-refractivity contribution in [2.75, 3.05) is 11.4 Å². The van der Waals surface area contributed by atoms with Crippen molar-refractivity contribution in [1.82, 2.24) is 14.6 Å². The fourth-order valence-electron chi connectivity index (χ4n) is 3.28. The second-order valence-electron chi connectivity index (χ2n) is 5.89. The number of hydrogen-bond donors (Lipinski definition) is 0. The van der Waals surface area contributed by atoms with Crippen LogP contribution in [0.1, 0.15) is 30.1 Å². The fourth-order valence-corrected chi connectivity index (χ4v) is 3.28. The molecule has 1 aliphatic heterocycles. The number of halogens is 2. The molecule has 2 aromatic heterocycles. The summed E-state index contributed by atoms with van der Waals surface area (Å²) in [5.74, 6) is -0.0174. The monoisotopic (exact) mass is 314 g/mol. The van der Waals surface area contributed by atoms with E-state index in [0.29, 0.717) is 5.56 Å². The smallest absolute Gasteiger partial charge is 0.157 e. The molecule has 6 heteroatoms. The summed E-state index contributed by atoms with van der Waals surface area (Å²) in [6.45, 7) is 2.69. The molecular formula is C17H16F2N4. The van der Waals surface area contributed by atoms with Gasteiger partial charge in [-0.2, -0.15) is 5.10 Å². The molecule has 1 aromatic carbocycles. The summed E-state index contributed by atoms with van der Waals surface area (Å²) in [6, 6.07) is 7.21. The lowest BCUT2D eigenvalue weighted by atomic mass is 10.0. The van der Waals surface area contributed by atoms with Crippen LogP contribution >= 0.6 is 0 Å². The third kappa shape index (κ3) is 2.44. The van der Waals surface area contributed by atoms with E-state index in [-0.39, 0.29) is 11.9 Å². The van der Waals surface area contributed by atoms with Crippen molar-refractivity contribution >= 4 is 11.5 Å². The first kappa shape index (κ1) is 14.1. The third-order valence-electron chi connectivity index (χ3n) is 4.30. The Kier molecular flexibility index (Phi) is 3.25. The van der Waals surface area contributed by atoms with Crippen molar-refractivity contribution in [2.24, 2.45) is 0 Å². The number of nitrogens with zero attached hydrogens (tertiary/aromatic N) is 4. The van der Waals surface area contributed by atoms with Crippen LogP contribution in [0.25, 0.3) is 5.65 Å². The number of benzene rings is 1. The average molecular weight is 314 g/mol. The van der Waals surface area contributed by atoms with Crippen molar-refractivity contribution in [3.8, 4) is 0 Å². The predicted octanol–water partition coefficient (Wildman–Crippen LogP) is 3.66. The van der Waals surface area contributed by atoms with Gasteiger partial charge in [0.25, 0.3) is 0 Å². The first-order valence-electron chi connectivity index (χ1n) is 7.66. The summed E-state index contributed by atoms with van der Waals surface area (Å²) in [5, 5.41) is 4.31.